The normalized spacial score (nSPS) is 12.4. The first-order valence-corrected chi connectivity index (χ1v) is 6.12. The standard InChI is InChI=1S/C10H11ClFNO2S/c1-7(4-5-11)16-10-6-8(12)2-3-9(10)13(14)15/h2-3,6-7H,4-5H2,1H3. The van der Waals surface area contributed by atoms with Crippen LogP contribution in [0.4, 0.5) is 10.1 Å². The Balaban J connectivity index is 2.92. The summed E-state index contributed by atoms with van der Waals surface area (Å²) in [6.45, 7) is 1.90. The average Bonchev–Trinajstić information content (AvgIpc) is 2.17. The van der Waals surface area contributed by atoms with Crippen molar-refractivity contribution < 1.29 is 9.31 Å². The second kappa shape index (κ2) is 6.06. The lowest BCUT2D eigenvalue weighted by Crippen LogP contribution is -1.99. The summed E-state index contributed by atoms with van der Waals surface area (Å²) in [5.74, 6) is 0.0169. The molecule has 0 aliphatic rings. The van der Waals surface area contributed by atoms with Crippen LogP contribution in [0.15, 0.2) is 23.1 Å². The van der Waals surface area contributed by atoms with Crippen LogP contribution < -0.4 is 0 Å². The fourth-order valence-electron chi connectivity index (χ4n) is 1.16. The van der Waals surface area contributed by atoms with Crippen LogP contribution in [-0.4, -0.2) is 16.1 Å². The number of hydrogen-bond donors (Lipinski definition) is 0. The Morgan fingerprint density at radius 1 is 1.62 bits per heavy atom. The van der Waals surface area contributed by atoms with Gasteiger partial charge in [0, 0.05) is 17.2 Å². The molecule has 0 saturated carbocycles. The minimum Gasteiger partial charge on any atom is -0.258 e. The zero-order chi connectivity index (χ0) is 12.1. The van der Waals surface area contributed by atoms with E-state index in [2.05, 4.69) is 0 Å². The molecule has 0 aliphatic heterocycles. The van der Waals surface area contributed by atoms with E-state index in [1.54, 1.807) is 0 Å². The van der Waals surface area contributed by atoms with Crippen LogP contribution in [-0.2, 0) is 0 Å². The second-order valence-electron chi connectivity index (χ2n) is 3.28. The number of benzene rings is 1. The second-order valence-corrected chi connectivity index (χ2v) is 5.13. The van der Waals surface area contributed by atoms with Crippen LogP contribution in [0.5, 0.6) is 0 Å². The van der Waals surface area contributed by atoms with Crippen LogP contribution in [0.25, 0.3) is 0 Å². The van der Waals surface area contributed by atoms with E-state index < -0.39 is 10.7 Å². The first-order chi connectivity index (χ1) is 7.54. The summed E-state index contributed by atoms with van der Waals surface area (Å²) in [7, 11) is 0. The smallest absolute Gasteiger partial charge is 0.258 e. The first kappa shape index (κ1) is 13.3. The molecule has 1 atom stereocenters. The van der Waals surface area contributed by atoms with Gasteiger partial charge >= 0.3 is 0 Å². The van der Waals surface area contributed by atoms with Crippen molar-refractivity contribution in [2.24, 2.45) is 0 Å². The molecule has 3 nitrogen and oxygen atoms in total. The highest BCUT2D eigenvalue weighted by molar-refractivity contribution is 8.00. The number of halogens is 2. The zero-order valence-corrected chi connectivity index (χ0v) is 10.2. The van der Waals surface area contributed by atoms with E-state index in [9.17, 15) is 14.5 Å². The Labute approximate surface area is 102 Å². The minimum atomic E-state index is -0.505. The van der Waals surface area contributed by atoms with Gasteiger partial charge in [-0.3, -0.25) is 10.1 Å². The molecule has 0 N–H and O–H groups in total. The molecule has 0 heterocycles. The van der Waals surface area contributed by atoms with Crippen molar-refractivity contribution >= 4 is 29.1 Å². The SMILES string of the molecule is CC(CCCl)Sc1cc(F)ccc1[N+](=O)[O-]. The molecule has 0 radical (unpaired) electrons. The molecule has 88 valence electrons. The molecule has 1 unspecified atom stereocenters. The summed E-state index contributed by atoms with van der Waals surface area (Å²) in [4.78, 5) is 10.6. The predicted molar refractivity (Wildman–Crippen MR) is 63.7 cm³/mol. The zero-order valence-electron chi connectivity index (χ0n) is 8.65. The van der Waals surface area contributed by atoms with Crippen LogP contribution in [0.1, 0.15) is 13.3 Å². The Morgan fingerprint density at radius 3 is 2.88 bits per heavy atom. The van der Waals surface area contributed by atoms with Gasteiger partial charge in [0.25, 0.3) is 5.69 Å². The monoisotopic (exact) mass is 263 g/mol. The molecule has 0 spiro atoms. The van der Waals surface area contributed by atoms with E-state index in [4.69, 9.17) is 11.6 Å². The maximum Gasteiger partial charge on any atom is 0.283 e. The number of alkyl halides is 1. The van der Waals surface area contributed by atoms with E-state index in [0.717, 1.165) is 12.5 Å². The van der Waals surface area contributed by atoms with Crippen molar-refractivity contribution in [3.8, 4) is 0 Å². The quantitative estimate of drug-likeness (QED) is 0.351. The molecule has 16 heavy (non-hydrogen) atoms. The third-order valence-corrected chi connectivity index (χ3v) is 3.40. The maximum atomic E-state index is 13.0. The summed E-state index contributed by atoms with van der Waals surface area (Å²) >= 11 is 6.85. The molecular weight excluding hydrogens is 253 g/mol. The number of nitro groups is 1. The summed E-state index contributed by atoms with van der Waals surface area (Å²) in [6, 6.07) is 3.47. The maximum absolute atomic E-state index is 13.0. The summed E-state index contributed by atoms with van der Waals surface area (Å²) in [6.07, 6.45) is 0.722. The van der Waals surface area contributed by atoms with Gasteiger partial charge in [-0.15, -0.1) is 23.4 Å². The highest BCUT2D eigenvalue weighted by Gasteiger charge is 2.17. The largest absolute Gasteiger partial charge is 0.283 e. The lowest BCUT2D eigenvalue weighted by molar-refractivity contribution is -0.387. The van der Waals surface area contributed by atoms with Gasteiger partial charge in [-0.05, 0) is 18.6 Å². The van der Waals surface area contributed by atoms with Crippen molar-refractivity contribution in [2.45, 2.75) is 23.5 Å². The van der Waals surface area contributed by atoms with E-state index in [1.807, 2.05) is 6.92 Å². The Morgan fingerprint density at radius 2 is 2.31 bits per heavy atom. The third-order valence-electron chi connectivity index (χ3n) is 1.96. The van der Waals surface area contributed by atoms with Crippen molar-refractivity contribution in [1.29, 1.82) is 0 Å². The molecule has 0 fully saturated rings. The van der Waals surface area contributed by atoms with Crippen LogP contribution in [0, 0.1) is 15.9 Å². The molecule has 1 rings (SSSR count). The van der Waals surface area contributed by atoms with Gasteiger partial charge in [0.2, 0.25) is 0 Å². The van der Waals surface area contributed by atoms with Crippen LogP contribution in [0.3, 0.4) is 0 Å². The topological polar surface area (TPSA) is 43.1 Å². The first-order valence-electron chi connectivity index (χ1n) is 4.71. The molecule has 0 saturated heterocycles. The molecule has 1 aromatic carbocycles. The number of nitro benzene ring substituents is 1. The predicted octanol–water partition coefficient (Wildman–Crippen LogP) is 3.84. The fraction of sp³-hybridized carbons (Fsp3) is 0.400. The van der Waals surface area contributed by atoms with E-state index in [0.29, 0.717) is 10.8 Å². The van der Waals surface area contributed by atoms with Gasteiger partial charge in [-0.25, -0.2) is 4.39 Å². The lowest BCUT2D eigenvalue weighted by atomic mass is 10.3. The van der Waals surface area contributed by atoms with Crippen molar-refractivity contribution in [3.05, 3.63) is 34.1 Å². The Bertz CT molecular complexity index is 389. The van der Waals surface area contributed by atoms with Gasteiger partial charge in [0.1, 0.15) is 5.82 Å². The van der Waals surface area contributed by atoms with E-state index in [1.165, 1.54) is 23.9 Å². The van der Waals surface area contributed by atoms with Gasteiger partial charge in [0.15, 0.2) is 0 Å². The molecule has 0 bridgehead atoms. The molecule has 0 amide bonds. The minimum absolute atomic E-state index is 0.0622. The highest BCUT2D eigenvalue weighted by Crippen LogP contribution is 2.33. The van der Waals surface area contributed by atoms with Crippen LogP contribution >= 0.6 is 23.4 Å². The average molecular weight is 264 g/mol. The highest BCUT2D eigenvalue weighted by atomic mass is 35.5. The van der Waals surface area contributed by atoms with Crippen molar-refractivity contribution in [3.63, 3.8) is 0 Å². The number of rotatable bonds is 5. The lowest BCUT2D eigenvalue weighted by Gasteiger charge is -2.09. The summed E-state index contributed by atoms with van der Waals surface area (Å²) < 4.78 is 13.0. The summed E-state index contributed by atoms with van der Waals surface area (Å²) in [5.41, 5.74) is -0.0622. The molecule has 0 aromatic heterocycles. The third kappa shape index (κ3) is 3.64. The van der Waals surface area contributed by atoms with E-state index in [-0.39, 0.29) is 10.9 Å². The van der Waals surface area contributed by atoms with Gasteiger partial charge in [0.05, 0.1) is 9.82 Å². The Kier molecular flexibility index (Phi) is 5.02. The molecule has 6 heteroatoms. The van der Waals surface area contributed by atoms with Gasteiger partial charge in [-0.2, -0.15) is 0 Å². The molecular formula is C10H11ClFNO2S. The number of thioether (sulfide) groups is 1. The van der Waals surface area contributed by atoms with Crippen molar-refractivity contribution in [2.75, 3.05) is 5.88 Å². The Hall–Kier alpha value is -0.810. The van der Waals surface area contributed by atoms with Crippen LogP contribution in [0.2, 0.25) is 0 Å². The van der Waals surface area contributed by atoms with Gasteiger partial charge in [-0.1, -0.05) is 6.92 Å². The molecule has 1 aromatic rings. The van der Waals surface area contributed by atoms with E-state index >= 15 is 0 Å². The number of nitrogens with zero attached hydrogens (tertiary/aromatic N) is 1. The van der Waals surface area contributed by atoms with Crippen molar-refractivity contribution in [1.82, 2.24) is 0 Å². The van der Waals surface area contributed by atoms with Gasteiger partial charge < -0.3 is 0 Å². The fourth-order valence-corrected chi connectivity index (χ4v) is 2.73. The number of hydrogen-bond acceptors (Lipinski definition) is 3. The molecule has 0 aliphatic carbocycles. The summed E-state index contributed by atoms with van der Waals surface area (Å²) in [5, 5.41) is 10.8.